The van der Waals surface area contributed by atoms with Crippen LogP contribution in [0.4, 0.5) is 0 Å². The van der Waals surface area contributed by atoms with E-state index in [1.54, 1.807) is 6.92 Å². The van der Waals surface area contributed by atoms with Gasteiger partial charge in [0.25, 0.3) is 0 Å². The molecule has 1 rings (SSSR count). The summed E-state index contributed by atoms with van der Waals surface area (Å²) in [5, 5.41) is 18.7. The topological polar surface area (TPSA) is 57.5 Å². The lowest BCUT2D eigenvalue weighted by atomic mass is 10.0. The summed E-state index contributed by atoms with van der Waals surface area (Å²) in [6.45, 7) is 1.66. The Morgan fingerprint density at radius 3 is 2.23 bits per heavy atom. The zero-order valence-corrected chi connectivity index (χ0v) is 7.19. The number of rotatable bonds is 2. The van der Waals surface area contributed by atoms with Crippen LogP contribution in [0.15, 0.2) is 24.3 Å². The normalized spacial score (nSPS) is 11.3. The van der Waals surface area contributed by atoms with Gasteiger partial charge in [0.05, 0.1) is 5.56 Å². The molecule has 1 aromatic carbocycles. The molecule has 0 saturated carbocycles. The Labute approximate surface area is 76.0 Å². The second-order valence-corrected chi connectivity index (χ2v) is 2.53. The standard InChI is InChI=1S/C10H10O3/c1-2-7(6-11)10-8(12)4-3-5-9(10)13/h2-6,12-13H,1H3/b7-2-. The van der Waals surface area contributed by atoms with E-state index in [1.165, 1.54) is 24.3 Å². The van der Waals surface area contributed by atoms with Crippen molar-refractivity contribution in [2.75, 3.05) is 0 Å². The van der Waals surface area contributed by atoms with Crippen LogP contribution >= 0.6 is 0 Å². The molecule has 0 bridgehead atoms. The Hall–Kier alpha value is -1.77. The maximum Gasteiger partial charge on any atom is 0.150 e. The summed E-state index contributed by atoms with van der Waals surface area (Å²) in [7, 11) is 0. The maximum absolute atomic E-state index is 10.6. The number of aromatic hydroxyl groups is 2. The van der Waals surface area contributed by atoms with Gasteiger partial charge in [0.15, 0.2) is 6.29 Å². The number of benzene rings is 1. The quantitative estimate of drug-likeness (QED) is 0.535. The largest absolute Gasteiger partial charge is 0.507 e. The van der Waals surface area contributed by atoms with Crippen LogP contribution in [0.2, 0.25) is 0 Å². The molecule has 0 radical (unpaired) electrons. The minimum Gasteiger partial charge on any atom is -0.507 e. The van der Waals surface area contributed by atoms with Gasteiger partial charge >= 0.3 is 0 Å². The number of aldehydes is 1. The summed E-state index contributed by atoms with van der Waals surface area (Å²) in [6.07, 6.45) is 2.12. The third-order valence-electron chi connectivity index (χ3n) is 1.75. The van der Waals surface area contributed by atoms with Gasteiger partial charge in [-0.3, -0.25) is 4.79 Å². The highest BCUT2D eigenvalue weighted by Gasteiger charge is 2.10. The molecule has 2 N–H and O–H groups in total. The highest BCUT2D eigenvalue weighted by Crippen LogP contribution is 2.31. The van der Waals surface area contributed by atoms with E-state index in [9.17, 15) is 15.0 Å². The molecule has 0 aliphatic heterocycles. The van der Waals surface area contributed by atoms with E-state index in [4.69, 9.17) is 0 Å². The van der Waals surface area contributed by atoms with Crippen LogP contribution in [0.5, 0.6) is 11.5 Å². The van der Waals surface area contributed by atoms with Crippen LogP contribution < -0.4 is 0 Å². The molecule has 0 fully saturated rings. The van der Waals surface area contributed by atoms with E-state index < -0.39 is 0 Å². The first-order valence-corrected chi connectivity index (χ1v) is 3.83. The van der Waals surface area contributed by atoms with Gasteiger partial charge in [-0.1, -0.05) is 12.1 Å². The lowest BCUT2D eigenvalue weighted by molar-refractivity contribution is -0.103. The fraction of sp³-hybridized carbons (Fsp3) is 0.100. The Morgan fingerprint density at radius 2 is 1.85 bits per heavy atom. The third-order valence-corrected chi connectivity index (χ3v) is 1.75. The second kappa shape index (κ2) is 3.76. The first kappa shape index (κ1) is 9.32. The molecule has 0 amide bonds. The van der Waals surface area contributed by atoms with Crippen molar-refractivity contribution in [3.63, 3.8) is 0 Å². The average Bonchev–Trinajstić information content (AvgIpc) is 2.11. The van der Waals surface area contributed by atoms with E-state index in [0.717, 1.165) is 0 Å². The van der Waals surface area contributed by atoms with Crippen molar-refractivity contribution in [1.29, 1.82) is 0 Å². The molecule has 0 atom stereocenters. The van der Waals surface area contributed by atoms with Gasteiger partial charge in [0.2, 0.25) is 0 Å². The monoisotopic (exact) mass is 178 g/mol. The van der Waals surface area contributed by atoms with Crippen LogP contribution in [0.3, 0.4) is 0 Å². The Morgan fingerprint density at radius 1 is 1.31 bits per heavy atom. The van der Waals surface area contributed by atoms with Crippen LogP contribution in [0, 0.1) is 0 Å². The van der Waals surface area contributed by atoms with Crippen LogP contribution in [0.1, 0.15) is 12.5 Å². The fourth-order valence-corrected chi connectivity index (χ4v) is 1.10. The van der Waals surface area contributed by atoms with Crippen molar-refractivity contribution in [3.05, 3.63) is 29.8 Å². The van der Waals surface area contributed by atoms with Gasteiger partial charge < -0.3 is 10.2 Å². The summed E-state index contributed by atoms with van der Waals surface area (Å²) < 4.78 is 0. The first-order chi connectivity index (χ1) is 6.20. The van der Waals surface area contributed by atoms with Gasteiger partial charge in [0, 0.05) is 5.57 Å². The lowest BCUT2D eigenvalue weighted by Crippen LogP contribution is -1.87. The highest BCUT2D eigenvalue weighted by atomic mass is 16.3. The molecule has 0 aromatic heterocycles. The summed E-state index contributed by atoms with van der Waals surface area (Å²) in [4.78, 5) is 10.6. The summed E-state index contributed by atoms with van der Waals surface area (Å²) in [5.74, 6) is -0.194. The van der Waals surface area contributed by atoms with Crippen molar-refractivity contribution in [3.8, 4) is 11.5 Å². The zero-order chi connectivity index (χ0) is 9.84. The number of hydrogen-bond donors (Lipinski definition) is 2. The first-order valence-electron chi connectivity index (χ1n) is 3.83. The van der Waals surface area contributed by atoms with E-state index >= 15 is 0 Å². The molecule has 0 heterocycles. The molecule has 13 heavy (non-hydrogen) atoms. The maximum atomic E-state index is 10.6. The van der Waals surface area contributed by atoms with Gasteiger partial charge in [-0.2, -0.15) is 0 Å². The lowest BCUT2D eigenvalue weighted by Gasteiger charge is -2.05. The number of carbonyl (C=O) groups is 1. The van der Waals surface area contributed by atoms with Gasteiger partial charge in [-0.25, -0.2) is 0 Å². The molecular weight excluding hydrogens is 168 g/mol. The predicted molar refractivity (Wildman–Crippen MR) is 49.5 cm³/mol. The van der Waals surface area contributed by atoms with Crippen LogP contribution in [0.25, 0.3) is 5.57 Å². The van der Waals surface area contributed by atoms with E-state index in [2.05, 4.69) is 0 Å². The Balaban J connectivity index is 3.35. The fourth-order valence-electron chi connectivity index (χ4n) is 1.10. The van der Waals surface area contributed by atoms with E-state index in [-0.39, 0.29) is 22.6 Å². The molecule has 1 aromatic rings. The van der Waals surface area contributed by atoms with Crippen molar-refractivity contribution in [2.24, 2.45) is 0 Å². The average molecular weight is 178 g/mol. The Kier molecular flexibility index (Phi) is 2.69. The summed E-state index contributed by atoms with van der Waals surface area (Å²) >= 11 is 0. The smallest absolute Gasteiger partial charge is 0.150 e. The van der Waals surface area contributed by atoms with Crippen molar-refractivity contribution >= 4 is 11.9 Å². The molecule has 3 nitrogen and oxygen atoms in total. The Bertz CT molecular complexity index is 333. The van der Waals surface area contributed by atoms with Crippen molar-refractivity contribution < 1.29 is 15.0 Å². The van der Waals surface area contributed by atoms with Gasteiger partial charge in [0.1, 0.15) is 11.5 Å². The highest BCUT2D eigenvalue weighted by molar-refractivity contribution is 6.09. The van der Waals surface area contributed by atoms with E-state index in [1.807, 2.05) is 0 Å². The minimum absolute atomic E-state index is 0.0970. The SMILES string of the molecule is C/C=C(/C=O)c1c(O)cccc1O. The predicted octanol–water partition coefficient (Wildman–Crippen LogP) is 1.70. The van der Waals surface area contributed by atoms with E-state index in [0.29, 0.717) is 6.29 Å². The molecule has 0 aliphatic carbocycles. The molecule has 0 saturated heterocycles. The molecule has 3 heteroatoms. The molecular formula is C10H10O3. The molecule has 0 spiro atoms. The number of carbonyl (C=O) groups excluding carboxylic acids is 1. The second-order valence-electron chi connectivity index (χ2n) is 2.53. The zero-order valence-electron chi connectivity index (χ0n) is 7.19. The summed E-state index contributed by atoms with van der Waals surface area (Å²) in [5.41, 5.74) is 0.454. The number of phenolic OH excluding ortho intramolecular Hbond substituents is 2. The van der Waals surface area contributed by atoms with Gasteiger partial charge in [-0.05, 0) is 19.1 Å². The van der Waals surface area contributed by atoms with Gasteiger partial charge in [-0.15, -0.1) is 0 Å². The summed E-state index contributed by atoms with van der Waals surface area (Å²) in [6, 6.07) is 4.34. The molecule has 0 aliphatic rings. The van der Waals surface area contributed by atoms with Crippen molar-refractivity contribution in [1.82, 2.24) is 0 Å². The number of hydrogen-bond acceptors (Lipinski definition) is 3. The van der Waals surface area contributed by atoms with Crippen LogP contribution in [-0.2, 0) is 4.79 Å². The molecule has 0 unspecified atom stereocenters. The minimum atomic E-state index is -0.0970. The molecule has 68 valence electrons. The van der Waals surface area contributed by atoms with Crippen molar-refractivity contribution in [2.45, 2.75) is 6.92 Å². The number of allylic oxidation sites excluding steroid dienone is 2. The van der Waals surface area contributed by atoms with Crippen LogP contribution in [-0.4, -0.2) is 16.5 Å². The third kappa shape index (κ3) is 1.69. The number of phenols is 2.